The van der Waals surface area contributed by atoms with Gasteiger partial charge in [0.15, 0.2) is 0 Å². The monoisotopic (exact) mass is 190 g/mol. The van der Waals surface area contributed by atoms with Gasteiger partial charge in [0.2, 0.25) is 10.0 Å². The van der Waals surface area contributed by atoms with Crippen LogP contribution in [0.25, 0.3) is 0 Å². The number of rotatable bonds is 5. The summed E-state index contributed by atoms with van der Waals surface area (Å²) in [7, 11) is -3.17. The summed E-state index contributed by atoms with van der Waals surface area (Å²) in [5.41, 5.74) is 0. The van der Waals surface area contributed by atoms with Crippen LogP contribution in [0.4, 0.5) is 0 Å². The number of hydrogen-bond donors (Lipinski definition) is 0. The molecule has 12 heavy (non-hydrogen) atoms. The molecule has 0 saturated carbocycles. The molecule has 0 unspecified atom stereocenters. The minimum Gasteiger partial charge on any atom is -0.212 e. The maximum atomic E-state index is 11.3. The minimum atomic E-state index is -3.17. The van der Waals surface area contributed by atoms with Crippen molar-refractivity contribution in [3.05, 3.63) is 0 Å². The molecule has 0 saturated heterocycles. The molecule has 0 N–H and O–H groups in total. The largest absolute Gasteiger partial charge is 0.215 e. The topological polar surface area (TPSA) is 61.2 Å². The fourth-order valence-corrected chi connectivity index (χ4v) is 2.29. The highest BCUT2D eigenvalue weighted by Crippen LogP contribution is 2.01. The van der Waals surface area contributed by atoms with Crippen LogP contribution in [-0.2, 0) is 10.0 Å². The van der Waals surface area contributed by atoms with E-state index in [9.17, 15) is 8.42 Å². The van der Waals surface area contributed by atoms with Gasteiger partial charge >= 0.3 is 0 Å². The summed E-state index contributed by atoms with van der Waals surface area (Å²) in [6.45, 7) is 3.86. The highest BCUT2D eigenvalue weighted by atomic mass is 32.2. The van der Waals surface area contributed by atoms with Crippen LogP contribution >= 0.6 is 0 Å². The van der Waals surface area contributed by atoms with Gasteiger partial charge in [-0.3, -0.25) is 0 Å². The van der Waals surface area contributed by atoms with Gasteiger partial charge in [0.1, 0.15) is 6.54 Å². The fourth-order valence-electron chi connectivity index (χ4n) is 0.873. The van der Waals surface area contributed by atoms with E-state index < -0.39 is 10.0 Å². The van der Waals surface area contributed by atoms with Gasteiger partial charge in [0, 0.05) is 6.54 Å². The number of nitriles is 1. The normalized spacial score (nSPS) is 11.5. The first kappa shape index (κ1) is 11.4. The maximum Gasteiger partial charge on any atom is 0.215 e. The zero-order valence-electron chi connectivity index (χ0n) is 7.45. The van der Waals surface area contributed by atoms with Crippen molar-refractivity contribution < 1.29 is 8.42 Å². The van der Waals surface area contributed by atoms with Crippen LogP contribution in [0.5, 0.6) is 0 Å². The molecule has 0 heterocycles. The Hall–Kier alpha value is -0.600. The molecule has 4 nitrogen and oxygen atoms in total. The Morgan fingerprint density at radius 2 is 2.00 bits per heavy atom. The quantitative estimate of drug-likeness (QED) is 0.595. The highest BCUT2D eigenvalue weighted by molar-refractivity contribution is 7.89. The predicted molar refractivity (Wildman–Crippen MR) is 46.9 cm³/mol. The van der Waals surface area contributed by atoms with Gasteiger partial charge in [-0.1, -0.05) is 13.8 Å². The predicted octanol–water partition coefficient (Wildman–Crippen LogP) is 0.572. The second-order valence-electron chi connectivity index (χ2n) is 2.40. The molecule has 5 heteroatoms. The van der Waals surface area contributed by atoms with Crippen molar-refractivity contribution in [1.82, 2.24) is 4.31 Å². The molecular formula is C7H14N2O2S. The smallest absolute Gasteiger partial charge is 0.212 e. The summed E-state index contributed by atoms with van der Waals surface area (Å²) < 4.78 is 23.8. The average molecular weight is 190 g/mol. The van der Waals surface area contributed by atoms with Gasteiger partial charge in [0.05, 0.1) is 11.8 Å². The lowest BCUT2D eigenvalue weighted by atomic mass is 10.6. The molecule has 0 radical (unpaired) electrons. The molecule has 0 amide bonds. The number of sulfonamides is 1. The molecule has 0 aliphatic rings. The molecule has 0 bridgehead atoms. The Morgan fingerprint density at radius 3 is 2.33 bits per heavy atom. The summed E-state index contributed by atoms with van der Waals surface area (Å²) >= 11 is 0. The van der Waals surface area contributed by atoms with E-state index in [1.807, 2.05) is 6.07 Å². The van der Waals surface area contributed by atoms with Crippen LogP contribution in [-0.4, -0.2) is 31.6 Å². The first-order valence-corrected chi connectivity index (χ1v) is 5.54. The summed E-state index contributed by atoms with van der Waals surface area (Å²) in [4.78, 5) is 0. The van der Waals surface area contributed by atoms with E-state index in [1.165, 1.54) is 4.31 Å². The van der Waals surface area contributed by atoms with Gasteiger partial charge in [-0.2, -0.15) is 9.57 Å². The standard InChI is InChI=1S/C7H14N2O2S/c1-3-7-12(10,11)9(4-2)6-5-8/h3-4,6-7H2,1-2H3. The highest BCUT2D eigenvalue weighted by Gasteiger charge is 2.18. The maximum absolute atomic E-state index is 11.3. The second kappa shape index (κ2) is 5.12. The van der Waals surface area contributed by atoms with E-state index in [-0.39, 0.29) is 12.3 Å². The van der Waals surface area contributed by atoms with Crippen LogP contribution in [0.2, 0.25) is 0 Å². The second-order valence-corrected chi connectivity index (χ2v) is 4.49. The van der Waals surface area contributed by atoms with Gasteiger partial charge in [-0.25, -0.2) is 8.42 Å². The lowest BCUT2D eigenvalue weighted by Crippen LogP contribution is -2.33. The molecule has 0 spiro atoms. The molecule has 0 aromatic rings. The SMILES string of the molecule is CCCS(=O)(=O)N(CC)CC#N. The lowest BCUT2D eigenvalue weighted by Gasteiger charge is -2.15. The van der Waals surface area contributed by atoms with Crippen molar-refractivity contribution in [3.8, 4) is 6.07 Å². The van der Waals surface area contributed by atoms with Gasteiger partial charge in [-0.05, 0) is 6.42 Å². The Bertz CT molecular complexity index is 253. The Labute approximate surface area is 73.8 Å². The summed E-state index contributed by atoms with van der Waals surface area (Å²) in [5.74, 6) is 0.127. The third kappa shape index (κ3) is 3.20. The summed E-state index contributed by atoms with van der Waals surface area (Å²) in [6.07, 6.45) is 0.588. The van der Waals surface area contributed by atoms with Crippen molar-refractivity contribution in [2.24, 2.45) is 0 Å². The van der Waals surface area contributed by atoms with Crippen molar-refractivity contribution in [2.45, 2.75) is 20.3 Å². The Morgan fingerprint density at radius 1 is 1.42 bits per heavy atom. The first-order valence-electron chi connectivity index (χ1n) is 3.93. The zero-order valence-corrected chi connectivity index (χ0v) is 8.26. The molecular weight excluding hydrogens is 176 g/mol. The zero-order chi connectivity index (χ0) is 9.61. The van der Waals surface area contributed by atoms with Crippen molar-refractivity contribution in [3.63, 3.8) is 0 Å². The minimum absolute atomic E-state index is 0.0428. The lowest BCUT2D eigenvalue weighted by molar-refractivity contribution is 0.462. The van der Waals surface area contributed by atoms with E-state index in [0.717, 1.165) is 0 Å². The fraction of sp³-hybridized carbons (Fsp3) is 0.857. The first-order chi connectivity index (χ1) is 5.58. The average Bonchev–Trinajstić information content (AvgIpc) is 1.99. The molecule has 0 fully saturated rings. The molecule has 0 aliphatic heterocycles. The van der Waals surface area contributed by atoms with Gasteiger partial charge in [0.25, 0.3) is 0 Å². The van der Waals surface area contributed by atoms with Gasteiger partial charge in [-0.15, -0.1) is 0 Å². The third-order valence-corrected chi connectivity index (χ3v) is 3.55. The van der Waals surface area contributed by atoms with Crippen LogP contribution in [0.15, 0.2) is 0 Å². The number of nitrogens with zero attached hydrogens (tertiary/aromatic N) is 2. The van der Waals surface area contributed by atoms with E-state index in [4.69, 9.17) is 5.26 Å². The molecule has 0 atom stereocenters. The third-order valence-electron chi connectivity index (χ3n) is 1.46. The van der Waals surface area contributed by atoms with Crippen molar-refractivity contribution in [1.29, 1.82) is 5.26 Å². The van der Waals surface area contributed by atoms with E-state index in [2.05, 4.69) is 0 Å². The van der Waals surface area contributed by atoms with Crippen molar-refractivity contribution in [2.75, 3.05) is 18.8 Å². The van der Waals surface area contributed by atoms with Crippen LogP contribution in [0.1, 0.15) is 20.3 Å². The molecule has 0 rings (SSSR count). The van der Waals surface area contributed by atoms with Crippen LogP contribution in [0, 0.1) is 11.3 Å². The van der Waals surface area contributed by atoms with Crippen LogP contribution in [0.3, 0.4) is 0 Å². The molecule has 0 aliphatic carbocycles. The van der Waals surface area contributed by atoms with Gasteiger partial charge < -0.3 is 0 Å². The molecule has 0 aromatic heterocycles. The van der Waals surface area contributed by atoms with Crippen molar-refractivity contribution >= 4 is 10.0 Å². The summed E-state index contributed by atoms with van der Waals surface area (Å²) in [6, 6.07) is 1.83. The Balaban J connectivity index is 4.40. The Kier molecular flexibility index (Phi) is 4.86. The molecule has 0 aromatic carbocycles. The summed E-state index contributed by atoms with van der Waals surface area (Å²) in [5, 5.41) is 8.34. The number of hydrogen-bond acceptors (Lipinski definition) is 3. The van der Waals surface area contributed by atoms with Crippen LogP contribution < -0.4 is 0 Å². The molecule has 70 valence electrons. The van der Waals surface area contributed by atoms with E-state index in [1.54, 1.807) is 13.8 Å². The van der Waals surface area contributed by atoms with E-state index in [0.29, 0.717) is 13.0 Å². The van der Waals surface area contributed by atoms with E-state index >= 15 is 0 Å².